The molecule has 3 aromatic rings. The van der Waals surface area contributed by atoms with Crippen molar-refractivity contribution in [2.45, 2.75) is 38.6 Å². The number of rotatable bonds is 8. The standard InChI is InChI=1S/C27H27N3O6/c1-17-12-13-18(15-22(17)30-26(33)23-11-6-14-35-23)27(34)36-16-24(31)29-21-10-5-4-9-20(21)25(32)28-19-7-2-3-8-19/h4-6,9-15,19H,2-3,7-8,16H2,1H3,(H,28,32)(H,29,31)(H,30,33). The van der Waals surface area contributed by atoms with Gasteiger partial charge in [-0.3, -0.25) is 14.4 Å². The first kappa shape index (κ1) is 24.7. The first-order valence-electron chi connectivity index (χ1n) is 11.7. The molecular weight excluding hydrogens is 462 g/mol. The Labute approximate surface area is 208 Å². The number of hydrogen-bond acceptors (Lipinski definition) is 6. The van der Waals surface area contributed by atoms with E-state index in [1.165, 1.54) is 18.4 Å². The van der Waals surface area contributed by atoms with Crippen LogP contribution in [0, 0.1) is 6.92 Å². The molecule has 3 amide bonds. The lowest BCUT2D eigenvalue weighted by molar-refractivity contribution is -0.119. The van der Waals surface area contributed by atoms with Gasteiger partial charge >= 0.3 is 5.97 Å². The third kappa shape index (κ3) is 6.18. The van der Waals surface area contributed by atoms with Crippen molar-refractivity contribution < 1.29 is 28.3 Å². The summed E-state index contributed by atoms with van der Waals surface area (Å²) >= 11 is 0. The van der Waals surface area contributed by atoms with Crippen LogP contribution in [0.3, 0.4) is 0 Å². The molecule has 1 aliphatic rings. The Morgan fingerprint density at radius 3 is 2.44 bits per heavy atom. The number of benzene rings is 2. The fourth-order valence-corrected chi connectivity index (χ4v) is 4.00. The third-order valence-corrected chi connectivity index (χ3v) is 5.94. The van der Waals surface area contributed by atoms with Gasteiger partial charge in [-0.2, -0.15) is 0 Å². The van der Waals surface area contributed by atoms with Crippen LogP contribution in [0.4, 0.5) is 11.4 Å². The average molecular weight is 490 g/mol. The van der Waals surface area contributed by atoms with E-state index in [4.69, 9.17) is 9.15 Å². The summed E-state index contributed by atoms with van der Waals surface area (Å²) in [6.45, 7) is 1.24. The minimum atomic E-state index is -0.731. The van der Waals surface area contributed by atoms with Gasteiger partial charge in [0, 0.05) is 11.7 Å². The molecule has 0 saturated heterocycles. The predicted molar refractivity (Wildman–Crippen MR) is 133 cm³/mol. The van der Waals surface area contributed by atoms with Gasteiger partial charge < -0.3 is 25.1 Å². The summed E-state index contributed by atoms with van der Waals surface area (Å²) < 4.78 is 10.2. The highest BCUT2D eigenvalue weighted by molar-refractivity contribution is 6.05. The summed E-state index contributed by atoms with van der Waals surface area (Å²) in [7, 11) is 0. The van der Waals surface area contributed by atoms with Gasteiger partial charge in [0.1, 0.15) is 0 Å². The molecule has 0 bridgehead atoms. The second kappa shape index (κ2) is 11.4. The first-order chi connectivity index (χ1) is 17.4. The molecule has 186 valence electrons. The van der Waals surface area contributed by atoms with E-state index in [0.29, 0.717) is 16.9 Å². The number of nitrogens with one attached hydrogen (secondary N) is 3. The number of esters is 1. The van der Waals surface area contributed by atoms with Crippen LogP contribution in [-0.2, 0) is 9.53 Å². The zero-order chi connectivity index (χ0) is 25.5. The number of amides is 3. The number of para-hydroxylation sites is 1. The van der Waals surface area contributed by atoms with Crippen LogP contribution in [0.2, 0.25) is 0 Å². The van der Waals surface area contributed by atoms with Gasteiger partial charge in [0.05, 0.1) is 23.1 Å². The minimum absolute atomic E-state index is 0.135. The quantitative estimate of drug-likeness (QED) is 0.405. The first-order valence-corrected chi connectivity index (χ1v) is 11.7. The van der Waals surface area contributed by atoms with Crippen molar-refractivity contribution in [2.75, 3.05) is 17.2 Å². The molecule has 2 aromatic carbocycles. The van der Waals surface area contributed by atoms with Crippen molar-refractivity contribution in [3.05, 3.63) is 83.3 Å². The Hall–Kier alpha value is -4.40. The maximum Gasteiger partial charge on any atom is 0.338 e. The van der Waals surface area contributed by atoms with Crippen LogP contribution < -0.4 is 16.0 Å². The Kier molecular flexibility index (Phi) is 7.79. The molecule has 1 aromatic heterocycles. The van der Waals surface area contributed by atoms with Crippen molar-refractivity contribution in [3.8, 4) is 0 Å². The lowest BCUT2D eigenvalue weighted by atomic mass is 10.1. The summed E-state index contributed by atoms with van der Waals surface area (Å²) in [5, 5.41) is 8.33. The third-order valence-electron chi connectivity index (χ3n) is 5.94. The molecule has 1 aliphatic carbocycles. The second-order valence-electron chi connectivity index (χ2n) is 8.59. The number of carbonyl (C=O) groups excluding carboxylic acids is 4. The van der Waals surface area contributed by atoms with Gasteiger partial charge in [0.2, 0.25) is 0 Å². The van der Waals surface area contributed by atoms with Crippen molar-refractivity contribution >= 4 is 35.1 Å². The van der Waals surface area contributed by atoms with E-state index in [2.05, 4.69) is 16.0 Å². The summed E-state index contributed by atoms with van der Waals surface area (Å²) in [5.74, 6) is -1.88. The van der Waals surface area contributed by atoms with E-state index in [0.717, 1.165) is 31.2 Å². The van der Waals surface area contributed by atoms with E-state index in [1.54, 1.807) is 49.4 Å². The van der Waals surface area contributed by atoms with Gasteiger partial charge in [-0.05, 0) is 61.7 Å². The van der Waals surface area contributed by atoms with Crippen LogP contribution >= 0.6 is 0 Å². The van der Waals surface area contributed by atoms with Crippen molar-refractivity contribution in [1.29, 1.82) is 0 Å². The van der Waals surface area contributed by atoms with Gasteiger partial charge in [0.15, 0.2) is 12.4 Å². The van der Waals surface area contributed by atoms with E-state index in [1.807, 2.05) is 0 Å². The Morgan fingerprint density at radius 2 is 1.69 bits per heavy atom. The smallest absolute Gasteiger partial charge is 0.338 e. The highest BCUT2D eigenvalue weighted by atomic mass is 16.5. The number of anilines is 2. The van der Waals surface area contributed by atoms with Crippen LogP contribution in [0.5, 0.6) is 0 Å². The fraction of sp³-hybridized carbons (Fsp3) is 0.259. The summed E-state index contributed by atoms with van der Waals surface area (Å²) in [6, 6.07) is 14.6. The summed E-state index contributed by atoms with van der Waals surface area (Å²) in [5.41, 5.74) is 2.00. The fourth-order valence-electron chi connectivity index (χ4n) is 4.00. The maximum atomic E-state index is 12.7. The molecule has 9 heteroatoms. The van der Waals surface area contributed by atoms with Crippen LogP contribution in [0.15, 0.2) is 65.3 Å². The number of aryl methyl sites for hydroxylation is 1. The molecule has 0 atom stereocenters. The topological polar surface area (TPSA) is 127 Å². The van der Waals surface area contributed by atoms with Gasteiger partial charge in [0.25, 0.3) is 17.7 Å². The summed E-state index contributed by atoms with van der Waals surface area (Å²) in [6.07, 6.45) is 5.47. The number of hydrogen-bond donors (Lipinski definition) is 3. The van der Waals surface area contributed by atoms with Crippen LogP contribution in [0.1, 0.15) is 62.5 Å². The van der Waals surface area contributed by atoms with Crippen molar-refractivity contribution in [3.63, 3.8) is 0 Å². The normalized spacial score (nSPS) is 13.1. The molecule has 4 rings (SSSR count). The molecule has 1 heterocycles. The lowest BCUT2D eigenvalue weighted by Gasteiger charge is -2.15. The highest BCUT2D eigenvalue weighted by Gasteiger charge is 2.21. The van der Waals surface area contributed by atoms with E-state index < -0.39 is 24.4 Å². The zero-order valence-corrected chi connectivity index (χ0v) is 19.8. The molecule has 1 saturated carbocycles. The molecule has 9 nitrogen and oxygen atoms in total. The van der Waals surface area contributed by atoms with Gasteiger partial charge in [-0.15, -0.1) is 0 Å². The number of carbonyl (C=O) groups is 4. The Morgan fingerprint density at radius 1 is 0.917 bits per heavy atom. The molecular formula is C27H27N3O6. The van der Waals surface area contributed by atoms with E-state index >= 15 is 0 Å². The largest absolute Gasteiger partial charge is 0.459 e. The highest BCUT2D eigenvalue weighted by Crippen LogP contribution is 2.21. The van der Waals surface area contributed by atoms with Gasteiger partial charge in [-0.25, -0.2) is 4.79 Å². The van der Waals surface area contributed by atoms with E-state index in [-0.39, 0.29) is 23.3 Å². The molecule has 36 heavy (non-hydrogen) atoms. The zero-order valence-electron chi connectivity index (χ0n) is 19.8. The second-order valence-corrected chi connectivity index (χ2v) is 8.59. The summed E-state index contributed by atoms with van der Waals surface area (Å²) in [4.78, 5) is 50.0. The molecule has 0 radical (unpaired) electrons. The number of furan rings is 1. The average Bonchev–Trinajstić information content (AvgIpc) is 3.59. The number of ether oxygens (including phenoxy) is 1. The van der Waals surface area contributed by atoms with Gasteiger partial charge in [-0.1, -0.05) is 31.0 Å². The monoisotopic (exact) mass is 489 g/mol. The Bertz CT molecular complexity index is 1260. The SMILES string of the molecule is Cc1ccc(C(=O)OCC(=O)Nc2ccccc2C(=O)NC2CCCC2)cc1NC(=O)c1ccco1. The lowest BCUT2D eigenvalue weighted by Crippen LogP contribution is -2.33. The minimum Gasteiger partial charge on any atom is -0.459 e. The maximum absolute atomic E-state index is 12.7. The molecule has 0 aliphatic heterocycles. The van der Waals surface area contributed by atoms with Crippen LogP contribution in [-0.4, -0.2) is 36.3 Å². The van der Waals surface area contributed by atoms with Crippen molar-refractivity contribution in [1.82, 2.24) is 5.32 Å². The van der Waals surface area contributed by atoms with Crippen LogP contribution in [0.25, 0.3) is 0 Å². The molecule has 1 fully saturated rings. The molecule has 0 spiro atoms. The predicted octanol–water partition coefficient (Wildman–Crippen LogP) is 4.31. The van der Waals surface area contributed by atoms with Crippen molar-refractivity contribution in [2.24, 2.45) is 0 Å². The Balaban J connectivity index is 1.34. The molecule has 0 unspecified atom stereocenters. The molecule has 3 N–H and O–H groups in total. The van der Waals surface area contributed by atoms with E-state index in [9.17, 15) is 19.2 Å².